The smallest absolute Gasteiger partial charge is 0.322 e. The molecule has 1 aliphatic carbocycles. The van der Waals surface area contributed by atoms with Crippen LogP contribution in [0.3, 0.4) is 0 Å². The first kappa shape index (κ1) is 33.2. The number of aromatic nitrogens is 1. The molecule has 1 saturated heterocycles. The molecule has 0 bridgehead atoms. The number of benzene rings is 2. The fourth-order valence-corrected chi connectivity index (χ4v) is 6.58. The monoisotopic (exact) mass is 655 g/mol. The van der Waals surface area contributed by atoms with Gasteiger partial charge in [-0.2, -0.15) is 0 Å². The fraction of sp³-hybridized carbons (Fsp3) is 0.424. The summed E-state index contributed by atoms with van der Waals surface area (Å²) in [5.41, 5.74) is 0.794. The standard InChI is InChI=1S/C33H39ClFN5O4S/c1-32(2,3)45(44)39-33(15-14-21-6-7-21,23-5-4-16-36-19-23)22-8-13-27(35)28(17-22)38-30(42)29-18-26(41)20-40(29)31(43)37-25-11-9-24(34)10-12-25/h4-5,8-13,16-17,19,21,26,29,39,41H,6-7,14-15,18,20H2,1-3H3,(H,37,43)(H,38,42)/t26-,29-,33?,45?/m1/s1. The number of β-amino-alcohol motifs (C(OH)–C–C–N with tert-alkyl or cyclic N) is 1. The predicted molar refractivity (Wildman–Crippen MR) is 175 cm³/mol. The summed E-state index contributed by atoms with van der Waals surface area (Å²) in [7, 11) is 0. The number of aliphatic hydroxyl groups excluding tert-OH is 1. The Balaban J connectivity index is 1.45. The van der Waals surface area contributed by atoms with Gasteiger partial charge in [0.05, 0.1) is 11.8 Å². The lowest BCUT2D eigenvalue weighted by atomic mass is 9.80. The van der Waals surface area contributed by atoms with Crippen molar-refractivity contribution in [1.82, 2.24) is 14.6 Å². The van der Waals surface area contributed by atoms with E-state index in [1.807, 2.05) is 32.9 Å². The Morgan fingerprint density at radius 3 is 2.49 bits per heavy atom. The molecule has 3 amide bonds. The second-order valence-corrected chi connectivity index (χ2v) is 15.2. The Kier molecular flexibility index (Phi) is 10.0. The van der Waals surface area contributed by atoms with E-state index in [0.717, 1.165) is 24.8 Å². The molecule has 1 aliphatic heterocycles. The van der Waals surface area contributed by atoms with E-state index in [2.05, 4.69) is 20.3 Å². The number of halogens is 2. The average molecular weight is 656 g/mol. The molecule has 9 nitrogen and oxygen atoms in total. The van der Waals surface area contributed by atoms with Crippen molar-refractivity contribution in [2.75, 3.05) is 17.2 Å². The number of aliphatic hydroxyl groups is 1. The van der Waals surface area contributed by atoms with Gasteiger partial charge in [-0.05, 0) is 93.1 Å². The zero-order valence-corrected chi connectivity index (χ0v) is 27.1. The van der Waals surface area contributed by atoms with Crippen molar-refractivity contribution in [3.05, 3.63) is 89.0 Å². The van der Waals surface area contributed by atoms with Gasteiger partial charge in [0.25, 0.3) is 0 Å². The van der Waals surface area contributed by atoms with Crippen LogP contribution in [0.25, 0.3) is 0 Å². The summed E-state index contributed by atoms with van der Waals surface area (Å²) in [5.74, 6) is -0.739. The van der Waals surface area contributed by atoms with Gasteiger partial charge in [-0.15, -0.1) is 4.72 Å². The molecule has 2 aromatic carbocycles. The molecular weight excluding hydrogens is 617 g/mol. The minimum atomic E-state index is -1.50. The van der Waals surface area contributed by atoms with E-state index in [9.17, 15) is 19.2 Å². The van der Waals surface area contributed by atoms with Crippen LogP contribution in [-0.2, 0) is 21.7 Å². The van der Waals surface area contributed by atoms with Crippen molar-refractivity contribution in [1.29, 1.82) is 0 Å². The number of carbonyl (C=O) groups is 2. The van der Waals surface area contributed by atoms with Crippen LogP contribution in [0.5, 0.6) is 0 Å². The van der Waals surface area contributed by atoms with Crippen molar-refractivity contribution in [2.45, 2.75) is 75.3 Å². The highest BCUT2D eigenvalue weighted by molar-refractivity contribution is 7.90. The summed E-state index contributed by atoms with van der Waals surface area (Å²) < 4.78 is 31.8. The molecular formula is C33H39ClFN5O4S. The largest absolute Gasteiger partial charge is 0.598 e. The molecule has 0 spiro atoms. The van der Waals surface area contributed by atoms with Crippen LogP contribution >= 0.6 is 11.6 Å². The van der Waals surface area contributed by atoms with Crippen LogP contribution in [0.4, 0.5) is 20.6 Å². The van der Waals surface area contributed by atoms with Gasteiger partial charge >= 0.3 is 6.03 Å². The Bertz CT molecular complexity index is 1510. The molecule has 240 valence electrons. The SMILES string of the molecule is CC(C)(C)[S+]([O-])NC(CCC1CC1)(c1cccnc1)c1ccc(F)c(NC(=O)[C@H]2C[C@@H](O)CN2C(=O)Nc2ccc(Cl)cc2)c1. The molecule has 0 radical (unpaired) electrons. The van der Waals surface area contributed by atoms with E-state index < -0.39 is 51.5 Å². The zero-order chi connectivity index (χ0) is 32.4. The van der Waals surface area contributed by atoms with Crippen LogP contribution in [0.15, 0.2) is 67.0 Å². The van der Waals surface area contributed by atoms with E-state index in [4.69, 9.17) is 11.6 Å². The fourth-order valence-electron chi connectivity index (χ4n) is 5.50. The van der Waals surface area contributed by atoms with Crippen LogP contribution < -0.4 is 15.4 Å². The summed E-state index contributed by atoms with van der Waals surface area (Å²) >= 11 is 4.44. The van der Waals surface area contributed by atoms with E-state index in [1.165, 1.54) is 11.0 Å². The quantitative estimate of drug-likeness (QED) is 0.199. The molecule has 45 heavy (non-hydrogen) atoms. The van der Waals surface area contributed by atoms with Crippen molar-refractivity contribution in [3.63, 3.8) is 0 Å². The lowest BCUT2D eigenvalue weighted by Crippen LogP contribution is -2.52. The number of nitrogens with zero attached hydrogens (tertiary/aromatic N) is 2. The van der Waals surface area contributed by atoms with Crippen LogP contribution in [-0.4, -0.2) is 54.9 Å². The molecule has 2 unspecified atom stereocenters. The highest BCUT2D eigenvalue weighted by Gasteiger charge is 2.44. The third kappa shape index (κ3) is 7.96. The van der Waals surface area contributed by atoms with Gasteiger partial charge in [-0.3, -0.25) is 9.78 Å². The number of urea groups is 1. The van der Waals surface area contributed by atoms with Crippen molar-refractivity contribution in [2.24, 2.45) is 5.92 Å². The predicted octanol–water partition coefficient (Wildman–Crippen LogP) is 5.97. The Labute approximate surface area is 271 Å². The molecule has 1 aromatic heterocycles. The number of hydrogen-bond acceptors (Lipinski definition) is 6. The van der Waals surface area contributed by atoms with Crippen molar-refractivity contribution >= 4 is 46.3 Å². The summed E-state index contributed by atoms with van der Waals surface area (Å²) in [6, 6.07) is 13.1. The topological polar surface area (TPSA) is 130 Å². The van der Waals surface area contributed by atoms with Crippen LogP contribution in [0.2, 0.25) is 5.02 Å². The van der Waals surface area contributed by atoms with E-state index >= 15 is 4.39 Å². The zero-order valence-electron chi connectivity index (χ0n) is 25.6. The molecule has 1 saturated carbocycles. The molecule has 4 atom stereocenters. The van der Waals surface area contributed by atoms with Gasteiger partial charge in [0.15, 0.2) is 0 Å². The van der Waals surface area contributed by atoms with Gasteiger partial charge in [-0.1, -0.05) is 36.6 Å². The number of pyridine rings is 1. The van der Waals surface area contributed by atoms with Gasteiger partial charge in [0.1, 0.15) is 22.1 Å². The van der Waals surface area contributed by atoms with Crippen molar-refractivity contribution < 1.29 is 23.6 Å². The van der Waals surface area contributed by atoms with Gasteiger partial charge < -0.3 is 25.2 Å². The summed E-state index contributed by atoms with van der Waals surface area (Å²) in [4.78, 5) is 32.3. The molecule has 5 rings (SSSR count). The maximum absolute atomic E-state index is 15.4. The van der Waals surface area contributed by atoms with Crippen LogP contribution in [0, 0.1) is 11.7 Å². The van der Waals surface area contributed by atoms with Gasteiger partial charge in [0, 0.05) is 47.4 Å². The molecule has 3 aromatic rings. The first-order chi connectivity index (χ1) is 21.4. The maximum Gasteiger partial charge on any atom is 0.322 e. The Morgan fingerprint density at radius 1 is 1.11 bits per heavy atom. The summed E-state index contributed by atoms with van der Waals surface area (Å²) in [6.07, 6.45) is 6.16. The number of likely N-dealkylation sites (tertiary alicyclic amines) is 1. The first-order valence-electron chi connectivity index (χ1n) is 15.1. The molecule has 2 heterocycles. The Morgan fingerprint density at radius 2 is 1.84 bits per heavy atom. The molecule has 12 heteroatoms. The second kappa shape index (κ2) is 13.6. The third-order valence-electron chi connectivity index (χ3n) is 8.26. The second-order valence-electron chi connectivity index (χ2n) is 12.8. The number of rotatable bonds is 10. The number of anilines is 2. The van der Waals surface area contributed by atoms with E-state index in [-0.39, 0.29) is 18.7 Å². The normalized spacial score (nSPS) is 20.4. The lowest BCUT2D eigenvalue weighted by Gasteiger charge is -2.38. The van der Waals surface area contributed by atoms with E-state index in [0.29, 0.717) is 28.6 Å². The van der Waals surface area contributed by atoms with Gasteiger partial charge in [0.2, 0.25) is 5.91 Å². The van der Waals surface area contributed by atoms with Crippen LogP contribution in [0.1, 0.15) is 64.0 Å². The number of carbonyl (C=O) groups excluding carboxylic acids is 2. The number of amides is 3. The minimum absolute atomic E-state index is 0.00564. The number of hydrogen-bond donors (Lipinski definition) is 4. The summed E-state index contributed by atoms with van der Waals surface area (Å²) in [5, 5.41) is 16.3. The molecule has 2 aliphatic rings. The third-order valence-corrected chi connectivity index (χ3v) is 10.2. The first-order valence-corrected chi connectivity index (χ1v) is 16.6. The van der Waals surface area contributed by atoms with Crippen molar-refractivity contribution in [3.8, 4) is 0 Å². The average Bonchev–Trinajstić information content (AvgIpc) is 3.75. The Hall–Kier alpha value is -3.22. The maximum atomic E-state index is 15.4. The highest BCUT2D eigenvalue weighted by atomic mass is 35.5. The molecule has 2 fully saturated rings. The molecule has 4 N–H and O–H groups in total. The highest BCUT2D eigenvalue weighted by Crippen LogP contribution is 2.43. The minimum Gasteiger partial charge on any atom is -0.598 e. The lowest BCUT2D eigenvalue weighted by molar-refractivity contribution is -0.119. The summed E-state index contributed by atoms with van der Waals surface area (Å²) in [6.45, 7) is 5.58. The van der Waals surface area contributed by atoms with Gasteiger partial charge in [-0.25, -0.2) is 9.18 Å². The number of nitrogens with one attached hydrogen (secondary N) is 3. The van der Waals surface area contributed by atoms with E-state index in [1.54, 1.807) is 48.8 Å².